The second-order valence-corrected chi connectivity index (χ2v) is 5.84. The third-order valence-corrected chi connectivity index (χ3v) is 3.91. The zero-order chi connectivity index (χ0) is 17.8. The van der Waals surface area contributed by atoms with Crippen molar-refractivity contribution in [1.82, 2.24) is 30.5 Å². The van der Waals surface area contributed by atoms with Crippen molar-refractivity contribution in [3.8, 4) is 0 Å². The summed E-state index contributed by atoms with van der Waals surface area (Å²) >= 11 is 0. The number of carbonyl (C=O) groups is 1. The lowest BCUT2D eigenvalue weighted by atomic mass is 9.94. The molecule has 25 heavy (non-hydrogen) atoms. The van der Waals surface area contributed by atoms with Crippen LogP contribution >= 0.6 is 0 Å². The van der Waals surface area contributed by atoms with E-state index in [0.717, 1.165) is 16.7 Å². The number of nitrogens with one attached hydrogen (secondary N) is 1. The van der Waals surface area contributed by atoms with Crippen molar-refractivity contribution in [2.45, 2.75) is 26.4 Å². The van der Waals surface area contributed by atoms with Gasteiger partial charge < -0.3 is 11.1 Å². The van der Waals surface area contributed by atoms with Gasteiger partial charge in [0.05, 0.1) is 6.04 Å². The van der Waals surface area contributed by atoms with E-state index in [1.165, 1.54) is 10.2 Å². The summed E-state index contributed by atoms with van der Waals surface area (Å²) in [5, 5.41) is 13.7. The average molecular weight is 337 g/mol. The van der Waals surface area contributed by atoms with Crippen LogP contribution in [-0.2, 0) is 11.3 Å². The second kappa shape index (κ2) is 7.08. The minimum atomic E-state index is -0.320. The van der Waals surface area contributed by atoms with Crippen LogP contribution in [0.15, 0.2) is 42.7 Å². The molecule has 1 unspecified atom stereocenters. The molecule has 0 spiro atoms. The van der Waals surface area contributed by atoms with Crippen molar-refractivity contribution in [1.29, 1.82) is 0 Å². The Bertz CT molecular complexity index is 876. The van der Waals surface area contributed by atoms with Gasteiger partial charge in [-0.25, -0.2) is 4.68 Å². The van der Waals surface area contributed by atoms with Crippen LogP contribution in [0.3, 0.4) is 0 Å². The molecule has 0 fully saturated rings. The van der Waals surface area contributed by atoms with Gasteiger partial charge in [-0.05, 0) is 47.0 Å². The first-order chi connectivity index (χ1) is 12.0. The number of anilines is 1. The molecular formula is C17H19N7O. The smallest absolute Gasteiger partial charge is 0.242 e. The first-order valence-electron chi connectivity index (χ1n) is 7.82. The second-order valence-electron chi connectivity index (χ2n) is 5.84. The minimum Gasteiger partial charge on any atom is -0.367 e. The highest BCUT2D eigenvalue weighted by Crippen LogP contribution is 2.25. The molecule has 3 N–H and O–H groups in total. The summed E-state index contributed by atoms with van der Waals surface area (Å²) in [4.78, 5) is 16.7. The SMILES string of the molecule is Cc1ccc(C(NC(=O)Cn2nnnc2N)c2cccnc2)c(C)c1. The van der Waals surface area contributed by atoms with Crippen LogP contribution in [0.2, 0.25) is 0 Å². The number of aromatic nitrogens is 5. The Kier molecular flexibility index (Phi) is 4.69. The number of rotatable bonds is 5. The molecule has 3 aromatic rings. The van der Waals surface area contributed by atoms with E-state index in [9.17, 15) is 4.79 Å². The number of aryl methyl sites for hydroxylation is 2. The van der Waals surface area contributed by atoms with Gasteiger partial charge >= 0.3 is 0 Å². The van der Waals surface area contributed by atoms with Crippen LogP contribution in [0, 0.1) is 13.8 Å². The highest BCUT2D eigenvalue weighted by molar-refractivity contribution is 5.77. The van der Waals surface area contributed by atoms with Gasteiger partial charge in [-0.15, -0.1) is 0 Å². The van der Waals surface area contributed by atoms with E-state index in [1.807, 2.05) is 38.1 Å². The molecule has 0 saturated carbocycles. The Hall–Kier alpha value is -3.29. The number of benzene rings is 1. The van der Waals surface area contributed by atoms with Crippen molar-refractivity contribution in [3.05, 3.63) is 65.0 Å². The quantitative estimate of drug-likeness (QED) is 0.723. The van der Waals surface area contributed by atoms with Gasteiger partial charge in [-0.3, -0.25) is 9.78 Å². The number of nitrogens with two attached hydrogens (primary N) is 1. The Morgan fingerprint density at radius 2 is 2.16 bits per heavy atom. The number of carbonyl (C=O) groups excluding carboxylic acids is 1. The van der Waals surface area contributed by atoms with Crippen molar-refractivity contribution >= 4 is 11.9 Å². The fourth-order valence-corrected chi connectivity index (χ4v) is 2.70. The molecule has 0 aliphatic heterocycles. The first kappa shape index (κ1) is 16.6. The summed E-state index contributed by atoms with van der Waals surface area (Å²) in [7, 11) is 0. The van der Waals surface area contributed by atoms with Crippen molar-refractivity contribution in [2.75, 3.05) is 5.73 Å². The van der Waals surface area contributed by atoms with E-state index in [-0.39, 0.29) is 24.4 Å². The highest BCUT2D eigenvalue weighted by Gasteiger charge is 2.20. The molecule has 0 aliphatic rings. The predicted octanol–water partition coefficient (Wildman–Crippen LogP) is 1.17. The summed E-state index contributed by atoms with van der Waals surface area (Å²) in [6, 6.07) is 9.59. The van der Waals surface area contributed by atoms with E-state index in [4.69, 9.17) is 5.73 Å². The van der Waals surface area contributed by atoms with E-state index < -0.39 is 0 Å². The lowest BCUT2D eigenvalue weighted by Crippen LogP contribution is -2.33. The average Bonchev–Trinajstić information content (AvgIpc) is 2.99. The summed E-state index contributed by atoms with van der Waals surface area (Å²) in [6.07, 6.45) is 3.45. The molecule has 2 aromatic heterocycles. The zero-order valence-electron chi connectivity index (χ0n) is 14.0. The number of pyridine rings is 1. The maximum atomic E-state index is 12.5. The van der Waals surface area contributed by atoms with Crippen LogP contribution < -0.4 is 11.1 Å². The summed E-state index contributed by atoms with van der Waals surface area (Å²) < 4.78 is 1.25. The number of tetrazole rings is 1. The molecule has 2 heterocycles. The molecule has 0 aliphatic carbocycles. The standard InChI is InChI=1S/C17H19N7O/c1-11-5-6-14(12(2)8-11)16(13-4-3-7-19-9-13)20-15(25)10-24-17(18)21-22-23-24/h3-9,16H,10H2,1-2H3,(H,20,25)(H2,18,21,23). The molecule has 1 atom stereocenters. The van der Waals surface area contributed by atoms with E-state index in [1.54, 1.807) is 12.4 Å². The van der Waals surface area contributed by atoms with E-state index in [2.05, 4.69) is 31.9 Å². The van der Waals surface area contributed by atoms with E-state index >= 15 is 0 Å². The van der Waals surface area contributed by atoms with Crippen LogP contribution in [0.1, 0.15) is 28.3 Å². The lowest BCUT2D eigenvalue weighted by Gasteiger charge is -2.21. The molecule has 8 heteroatoms. The maximum absolute atomic E-state index is 12.5. The van der Waals surface area contributed by atoms with Crippen LogP contribution in [-0.4, -0.2) is 31.1 Å². The van der Waals surface area contributed by atoms with Gasteiger partial charge in [0.2, 0.25) is 11.9 Å². The lowest BCUT2D eigenvalue weighted by molar-refractivity contribution is -0.122. The van der Waals surface area contributed by atoms with Gasteiger partial charge in [-0.1, -0.05) is 34.9 Å². The molecule has 0 saturated heterocycles. The molecular weight excluding hydrogens is 318 g/mol. The molecule has 0 radical (unpaired) electrons. The number of amides is 1. The molecule has 1 amide bonds. The van der Waals surface area contributed by atoms with Crippen LogP contribution in [0.4, 0.5) is 5.95 Å². The number of nitrogen functional groups attached to an aromatic ring is 1. The molecule has 3 rings (SSSR count). The Balaban J connectivity index is 1.89. The summed E-state index contributed by atoms with van der Waals surface area (Å²) in [5.41, 5.74) is 9.79. The Morgan fingerprint density at radius 3 is 2.80 bits per heavy atom. The fourth-order valence-electron chi connectivity index (χ4n) is 2.70. The van der Waals surface area contributed by atoms with Gasteiger partial charge in [-0.2, -0.15) is 0 Å². The topological polar surface area (TPSA) is 112 Å². The normalized spacial score (nSPS) is 11.9. The van der Waals surface area contributed by atoms with Crippen molar-refractivity contribution in [3.63, 3.8) is 0 Å². The van der Waals surface area contributed by atoms with Gasteiger partial charge in [0.15, 0.2) is 0 Å². The number of nitrogens with zero attached hydrogens (tertiary/aromatic N) is 5. The third kappa shape index (κ3) is 3.79. The predicted molar refractivity (Wildman–Crippen MR) is 92.4 cm³/mol. The van der Waals surface area contributed by atoms with Crippen LogP contribution in [0.5, 0.6) is 0 Å². The van der Waals surface area contributed by atoms with Crippen LogP contribution in [0.25, 0.3) is 0 Å². The first-order valence-corrected chi connectivity index (χ1v) is 7.82. The van der Waals surface area contributed by atoms with E-state index in [0.29, 0.717) is 0 Å². The fraction of sp³-hybridized carbons (Fsp3) is 0.235. The van der Waals surface area contributed by atoms with Crippen molar-refractivity contribution in [2.24, 2.45) is 0 Å². The molecule has 0 bridgehead atoms. The van der Waals surface area contributed by atoms with Gasteiger partial charge in [0, 0.05) is 12.4 Å². The molecule has 8 nitrogen and oxygen atoms in total. The molecule has 1 aromatic carbocycles. The third-order valence-electron chi connectivity index (χ3n) is 3.91. The number of hydrogen-bond acceptors (Lipinski definition) is 6. The monoisotopic (exact) mass is 337 g/mol. The maximum Gasteiger partial charge on any atom is 0.242 e. The zero-order valence-corrected chi connectivity index (χ0v) is 14.0. The van der Waals surface area contributed by atoms with Crippen molar-refractivity contribution < 1.29 is 4.79 Å². The molecule has 128 valence electrons. The van der Waals surface area contributed by atoms with Gasteiger partial charge in [0.25, 0.3) is 0 Å². The summed E-state index contributed by atoms with van der Waals surface area (Å²) in [6.45, 7) is 4.01. The minimum absolute atomic E-state index is 0.0551. The Morgan fingerprint density at radius 1 is 1.32 bits per heavy atom. The Labute approximate surface area is 145 Å². The van der Waals surface area contributed by atoms with Gasteiger partial charge in [0.1, 0.15) is 6.54 Å². The highest BCUT2D eigenvalue weighted by atomic mass is 16.2. The number of hydrogen-bond donors (Lipinski definition) is 2. The largest absolute Gasteiger partial charge is 0.367 e. The summed E-state index contributed by atoms with van der Waals surface area (Å²) in [5.74, 6) is -0.146.